The second kappa shape index (κ2) is 8.59. The lowest BCUT2D eigenvalue weighted by molar-refractivity contribution is -0.121. The molecule has 1 saturated carbocycles. The van der Waals surface area contributed by atoms with Gasteiger partial charge in [0.05, 0.1) is 10.6 Å². The van der Waals surface area contributed by atoms with Crippen molar-refractivity contribution in [1.82, 2.24) is 14.7 Å². The number of hydrogen-bond donors (Lipinski definition) is 2. The molecule has 2 N–H and O–H groups in total. The number of carbonyl (C=O) groups is 1. The minimum Gasteiger partial charge on any atom is -0.373 e. The monoisotopic (exact) mass is 417 g/mol. The maximum atomic E-state index is 12.2. The van der Waals surface area contributed by atoms with E-state index in [1.54, 1.807) is 0 Å². The second-order valence-corrected chi connectivity index (χ2v) is 8.01. The van der Waals surface area contributed by atoms with Gasteiger partial charge in [-0.05, 0) is 61.3 Å². The fraction of sp³-hybridized carbons (Fsp3) is 0.217. The van der Waals surface area contributed by atoms with Crippen molar-refractivity contribution in [3.8, 4) is 21.7 Å². The van der Waals surface area contributed by atoms with E-state index in [9.17, 15) is 4.79 Å². The summed E-state index contributed by atoms with van der Waals surface area (Å²) in [6.07, 6.45) is 5.56. The van der Waals surface area contributed by atoms with Crippen LogP contribution >= 0.6 is 11.5 Å². The normalized spacial score (nSPS) is 13.7. The summed E-state index contributed by atoms with van der Waals surface area (Å²) in [5.74, 6) is 1.31. The zero-order valence-electron chi connectivity index (χ0n) is 17.0. The number of anilines is 1. The first-order valence-electron chi connectivity index (χ1n) is 9.80. The standard InChI is InChI=1S/C23H23N5OS/c1-14-17(11-21(24-2)27-23(29)16-9-10-16)18(13-26-22(14)25-3)20-12-19(28-30-20)15-7-5-4-6-8-15/h4-8,11-13,16H,2,9-10H2,1,3H3,(H,25,26)(H,27,29)/b21-11+. The Morgan fingerprint density at radius 2 is 2.07 bits per heavy atom. The molecule has 30 heavy (non-hydrogen) atoms. The Labute approximate surface area is 180 Å². The van der Waals surface area contributed by atoms with E-state index in [0.717, 1.165) is 51.5 Å². The van der Waals surface area contributed by atoms with Crippen LogP contribution in [0, 0.1) is 12.8 Å². The Morgan fingerprint density at radius 1 is 1.30 bits per heavy atom. The highest BCUT2D eigenvalue weighted by atomic mass is 32.1. The third-order valence-electron chi connectivity index (χ3n) is 5.10. The van der Waals surface area contributed by atoms with Gasteiger partial charge in [-0.1, -0.05) is 30.3 Å². The lowest BCUT2D eigenvalue weighted by Gasteiger charge is -2.13. The van der Waals surface area contributed by atoms with E-state index in [-0.39, 0.29) is 11.8 Å². The largest absolute Gasteiger partial charge is 0.373 e. The molecule has 0 unspecified atom stereocenters. The van der Waals surface area contributed by atoms with Gasteiger partial charge in [0.15, 0.2) is 0 Å². The van der Waals surface area contributed by atoms with Crippen LogP contribution in [0.5, 0.6) is 0 Å². The molecule has 2 aromatic heterocycles. The number of hydrogen-bond acceptors (Lipinski definition) is 6. The van der Waals surface area contributed by atoms with Gasteiger partial charge in [0.25, 0.3) is 0 Å². The molecule has 2 heterocycles. The van der Waals surface area contributed by atoms with E-state index in [1.807, 2.05) is 56.6 Å². The topological polar surface area (TPSA) is 79.3 Å². The molecule has 3 aromatic rings. The average Bonchev–Trinajstić information content (AvgIpc) is 3.52. The van der Waals surface area contributed by atoms with Crippen molar-refractivity contribution in [3.63, 3.8) is 0 Å². The Morgan fingerprint density at radius 3 is 2.73 bits per heavy atom. The summed E-state index contributed by atoms with van der Waals surface area (Å²) in [5, 5.41) is 6.01. The molecular formula is C23H23N5OS. The molecule has 1 aliphatic carbocycles. The number of pyridine rings is 1. The lowest BCUT2D eigenvalue weighted by atomic mass is 10.0. The summed E-state index contributed by atoms with van der Waals surface area (Å²) in [7, 11) is 1.84. The van der Waals surface area contributed by atoms with Crippen LogP contribution in [0.3, 0.4) is 0 Å². The van der Waals surface area contributed by atoms with Crippen LogP contribution in [-0.4, -0.2) is 29.0 Å². The smallest absolute Gasteiger partial charge is 0.228 e. The first kappa shape index (κ1) is 20.0. The fourth-order valence-corrected chi connectivity index (χ4v) is 4.02. The van der Waals surface area contributed by atoms with Gasteiger partial charge in [-0.2, -0.15) is 4.37 Å². The Bertz CT molecular complexity index is 1120. The number of rotatable bonds is 7. The number of amides is 1. The number of nitrogens with zero attached hydrogens (tertiary/aromatic N) is 3. The van der Waals surface area contributed by atoms with E-state index >= 15 is 0 Å². The van der Waals surface area contributed by atoms with E-state index in [2.05, 4.69) is 37.8 Å². The maximum Gasteiger partial charge on any atom is 0.228 e. The highest BCUT2D eigenvalue weighted by Crippen LogP contribution is 2.35. The third kappa shape index (κ3) is 4.16. The zero-order valence-corrected chi connectivity index (χ0v) is 17.8. The maximum absolute atomic E-state index is 12.2. The molecule has 4 rings (SSSR count). The number of benzene rings is 1. The van der Waals surface area contributed by atoms with Gasteiger partial charge in [0.1, 0.15) is 11.6 Å². The second-order valence-electron chi connectivity index (χ2n) is 7.20. The number of nitrogens with one attached hydrogen (secondary N) is 2. The predicted octanol–water partition coefficient (Wildman–Crippen LogP) is 4.75. The highest BCUT2D eigenvalue weighted by Gasteiger charge is 2.30. The molecule has 1 aliphatic rings. The molecule has 1 fully saturated rings. The van der Waals surface area contributed by atoms with E-state index in [1.165, 1.54) is 11.5 Å². The van der Waals surface area contributed by atoms with Gasteiger partial charge in [-0.15, -0.1) is 0 Å². The van der Waals surface area contributed by atoms with Crippen molar-refractivity contribution in [2.75, 3.05) is 12.4 Å². The van der Waals surface area contributed by atoms with Gasteiger partial charge in [0, 0.05) is 30.3 Å². The van der Waals surface area contributed by atoms with E-state index in [4.69, 9.17) is 0 Å². The molecule has 0 bridgehead atoms. The predicted molar refractivity (Wildman–Crippen MR) is 123 cm³/mol. The molecule has 152 valence electrons. The highest BCUT2D eigenvalue weighted by molar-refractivity contribution is 7.09. The third-order valence-corrected chi connectivity index (χ3v) is 5.93. The van der Waals surface area contributed by atoms with Gasteiger partial charge in [-0.25, -0.2) is 9.98 Å². The first-order chi connectivity index (χ1) is 14.6. The van der Waals surface area contributed by atoms with Crippen molar-refractivity contribution in [2.45, 2.75) is 19.8 Å². The molecule has 1 amide bonds. The van der Waals surface area contributed by atoms with Crippen LogP contribution in [0.15, 0.2) is 53.4 Å². The average molecular weight is 418 g/mol. The summed E-state index contributed by atoms with van der Waals surface area (Å²) < 4.78 is 4.63. The summed E-state index contributed by atoms with van der Waals surface area (Å²) in [6.45, 7) is 5.63. The van der Waals surface area contributed by atoms with Gasteiger partial charge in [-0.3, -0.25) is 4.79 Å². The summed E-state index contributed by atoms with van der Waals surface area (Å²) in [6, 6.07) is 12.1. The number of carbonyl (C=O) groups excluding carboxylic acids is 1. The van der Waals surface area contributed by atoms with Crippen LogP contribution in [0.4, 0.5) is 5.82 Å². The van der Waals surface area contributed by atoms with E-state index < -0.39 is 0 Å². The van der Waals surface area contributed by atoms with Crippen LogP contribution in [0.25, 0.3) is 27.8 Å². The molecule has 0 radical (unpaired) electrons. The quantitative estimate of drug-likeness (QED) is 0.544. The van der Waals surface area contributed by atoms with Crippen molar-refractivity contribution in [2.24, 2.45) is 10.9 Å². The van der Waals surface area contributed by atoms with Crippen molar-refractivity contribution in [3.05, 3.63) is 59.5 Å². The Kier molecular flexibility index (Phi) is 5.72. The molecule has 0 aliphatic heterocycles. The van der Waals surface area contributed by atoms with Crippen molar-refractivity contribution >= 4 is 36.1 Å². The molecule has 0 saturated heterocycles. The SMILES string of the molecule is C=N/C(=C\c1c(-c2cc(-c3ccccc3)ns2)cnc(NC)c1C)NC(=O)C1CC1. The molecular weight excluding hydrogens is 394 g/mol. The van der Waals surface area contributed by atoms with Crippen molar-refractivity contribution in [1.29, 1.82) is 0 Å². The molecule has 7 heteroatoms. The molecule has 0 atom stereocenters. The minimum absolute atomic E-state index is 0.0000895. The Hall–Kier alpha value is -3.32. The van der Waals surface area contributed by atoms with Crippen molar-refractivity contribution < 1.29 is 4.79 Å². The van der Waals surface area contributed by atoms with Crippen LogP contribution in [0.1, 0.15) is 24.0 Å². The summed E-state index contributed by atoms with van der Waals surface area (Å²) in [4.78, 5) is 21.8. The lowest BCUT2D eigenvalue weighted by Crippen LogP contribution is -2.23. The number of aliphatic imine (C=N–C) groups is 1. The van der Waals surface area contributed by atoms with Gasteiger partial charge in [0.2, 0.25) is 5.91 Å². The van der Waals surface area contributed by atoms with Crippen LogP contribution in [0.2, 0.25) is 0 Å². The van der Waals surface area contributed by atoms with Gasteiger partial charge < -0.3 is 10.6 Å². The molecule has 6 nitrogen and oxygen atoms in total. The zero-order chi connectivity index (χ0) is 21.1. The van der Waals surface area contributed by atoms with Crippen LogP contribution < -0.4 is 10.6 Å². The fourth-order valence-electron chi connectivity index (χ4n) is 3.24. The van der Waals surface area contributed by atoms with Crippen LogP contribution in [-0.2, 0) is 4.79 Å². The molecule has 1 aromatic carbocycles. The Balaban J connectivity index is 1.76. The number of aromatic nitrogens is 2. The first-order valence-corrected chi connectivity index (χ1v) is 10.6. The molecule has 0 spiro atoms. The minimum atomic E-state index is -0.0000895. The van der Waals surface area contributed by atoms with E-state index in [0.29, 0.717) is 5.82 Å². The summed E-state index contributed by atoms with van der Waals surface area (Å²) >= 11 is 1.42. The van der Waals surface area contributed by atoms with Gasteiger partial charge >= 0.3 is 0 Å². The summed E-state index contributed by atoms with van der Waals surface area (Å²) in [5.41, 5.74) is 4.82.